The van der Waals surface area contributed by atoms with Crippen molar-refractivity contribution in [3.8, 4) is 5.88 Å². The molecule has 0 aromatic carbocycles. The number of aryl methyl sites for hydroxylation is 1. The van der Waals surface area contributed by atoms with Crippen LogP contribution >= 0.6 is 0 Å². The molecule has 22 heavy (non-hydrogen) atoms. The van der Waals surface area contributed by atoms with Crippen LogP contribution < -0.4 is 15.6 Å². The lowest BCUT2D eigenvalue weighted by Gasteiger charge is -2.10. The Labute approximate surface area is 128 Å². The van der Waals surface area contributed by atoms with Crippen molar-refractivity contribution in [2.24, 2.45) is 0 Å². The smallest absolute Gasteiger partial charge is 0.251 e. The van der Waals surface area contributed by atoms with E-state index in [1.807, 2.05) is 19.9 Å². The second-order valence-electron chi connectivity index (χ2n) is 4.70. The molecule has 6 nitrogen and oxygen atoms in total. The minimum Gasteiger partial charge on any atom is -0.478 e. The predicted molar refractivity (Wildman–Crippen MR) is 83.0 cm³/mol. The number of carbonyl (C=O) groups is 1. The summed E-state index contributed by atoms with van der Waals surface area (Å²) in [5.74, 6) is 0.206. The zero-order valence-corrected chi connectivity index (χ0v) is 12.7. The molecule has 1 amide bonds. The summed E-state index contributed by atoms with van der Waals surface area (Å²) in [4.78, 5) is 30.5. The van der Waals surface area contributed by atoms with Crippen LogP contribution in [0.3, 0.4) is 0 Å². The van der Waals surface area contributed by atoms with E-state index in [1.165, 1.54) is 6.07 Å². The van der Waals surface area contributed by atoms with Gasteiger partial charge in [-0.25, -0.2) is 4.98 Å². The Kier molecular flexibility index (Phi) is 5.30. The Morgan fingerprint density at radius 3 is 2.91 bits per heavy atom. The number of aromatic amines is 1. The highest BCUT2D eigenvalue weighted by Gasteiger charge is 2.10. The van der Waals surface area contributed by atoms with Gasteiger partial charge in [-0.2, -0.15) is 0 Å². The van der Waals surface area contributed by atoms with Crippen LogP contribution in [0.1, 0.15) is 35.5 Å². The monoisotopic (exact) mass is 301 g/mol. The van der Waals surface area contributed by atoms with Crippen molar-refractivity contribution in [2.75, 3.05) is 6.61 Å². The van der Waals surface area contributed by atoms with E-state index in [9.17, 15) is 9.59 Å². The van der Waals surface area contributed by atoms with Crippen molar-refractivity contribution in [3.05, 3.63) is 57.6 Å². The fourth-order valence-corrected chi connectivity index (χ4v) is 2.03. The first-order valence-electron chi connectivity index (χ1n) is 7.22. The van der Waals surface area contributed by atoms with E-state index in [4.69, 9.17) is 4.74 Å². The lowest BCUT2D eigenvalue weighted by atomic mass is 10.2. The van der Waals surface area contributed by atoms with Gasteiger partial charge in [-0.3, -0.25) is 9.59 Å². The predicted octanol–water partition coefficient (Wildman–Crippen LogP) is 1.66. The Morgan fingerprint density at radius 2 is 2.18 bits per heavy atom. The Hall–Kier alpha value is -2.63. The molecule has 2 rings (SSSR count). The fraction of sp³-hybridized carbons (Fsp3) is 0.312. The van der Waals surface area contributed by atoms with E-state index in [0.29, 0.717) is 24.5 Å². The van der Waals surface area contributed by atoms with Crippen molar-refractivity contribution < 1.29 is 9.53 Å². The first-order chi connectivity index (χ1) is 10.6. The highest BCUT2D eigenvalue weighted by molar-refractivity contribution is 5.94. The summed E-state index contributed by atoms with van der Waals surface area (Å²) in [6, 6.07) is 6.60. The lowest BCUT2D eigenvalue weighted by Crippen LogP contribution is -2.25. The van der Waals surface area contributed by atoms with E-state index >= 15 is 0 Å². The van der Waals surface area contributed by atoms with Crippen LogP contribution in [0.2, 0.25) is 0 Å². The first kappa shape index (κ1) is 15.8. The maximum absolute atomic E-state index is 12.2. The van der Waals surface area contributed by atoms with Gasteiger partial charge in [0.2, 0.25) is 11.4 Å². The average molecular weight is 301 g/mol. The van der Waals surface area contributed by atoms with E-state index in [-0.39, 0.29) is 18.0 Å². The van der Waals surface area contributed by atoms with Gasteiger partial charge in [0.05, 0.1) is 6.61 Å². The Balaban J connectivity index is 2.10. The Bertz CT molecular complexity index is 710. The van der Waals surface area contributed by atoms with Gasteiger partial charge in [-0.05, 0) is 25.5 Å². The molecule has 2 aromatic rings. The maximum Gasteiger partial charge on any atom is 0.251 e. The van der Waals surface area contributed by atoms with Crippen molar-refractivity contribution in [2.45, 2.75) is 26.8 Å². The highest BCUT2D eigenvalue weighted by atomic mass is 16.5. The average Bonchev–Trinajstić information content (AvgIpc) is 2.53. The zero-order valence-electron chi connectivity index (χ0n) is 12.7. The molecule has 0 atom stereocenters. The third-order valence-electron chi connectivity index (χ3n) is 3.11. The molecule has 0 aliphatic rings. The van der Waals surface area contributed by atoms with Crippen LogP contribution in [0, 0.1) is 0 Å². The number of nitrogens with zero attached hydrogens (tertiary/aromatic N) is 1. The normalized spacial score (nSPS) is 10.3. The number of rotatable bonds is 6. The summed E-state index contributed by atoms with van der Waals surface area (Å²) in [5.41, 5.74) is 1.59. The maximum atomic E-state index is 12.2. The number of hydrogen-bond acceptors (Lipinski definition) is 4. The molecule has 0 saturated carbocycles. The van der Waals surface area contributed by atoms with Crippen molar-refractivity contribution >= 4 is 5.91 Å². The quantitative estimate of drug-likeness (QED) is 0.850. The number of ether oxygens (including phenoxy) is 1. The van der Waals surface area contributed by atoms with Gasteiger partial charge in [-0.1, -0.05) is 13.0 Å². The van der Waals surface area contributed by atoms with E-state index in [2.05, 4.69) is 15.3 Å². The molecule has 116 valence electrons. The molecule has 0 fully saturated rings. The second-order valence-corrected chi connectivity index (χ2v) is 4.70. The molecule has 0 spiro atoms. The molecule has 2 aromatic heterocycles. The summed E-state index contributed by atoms with van der Waals surface area (Å²) >= 11 is 0. The Morgan fingerprint density at radius 1 is 1.36 bits per heavy atom. The SMILES string of the molecule is CCOc1ncccc1CNC(=O)c1cc(CC)[nH]c(=O)c1. The second kappa shape index (κ2) is 7.40. The summed E-state index contributed by atoms with van der Waals surface area (Å²) in [5, 5.41) is 2.78. The fourth-order valence-electron chi connectivity index (χ4n) is 2.03. The first-order valence-corrected chi connectivity index (χ1v) is 7.22. The van der Waals surface area contributed by atoms with Crippen molar-refractivity contribution in [3.63, 3.8) is 0 Å². The molecular weight excluding hydrogens is 282 g/mol. The van der Waals surface area contributed by atoms with Crippen LogP contribution in [0.15, 0.2) is 35.3 Å². The van der Waals surface area contributed by atoms with Gasteiger partial charge in [-0.15, -0.1) is 0 Å². The third kappa shape index (κ3) is 3.94. The topological polar surface area (TPSA) is 84.1 Å². The molecule has 0 unspecified atom stereocenters. The van der Waals surface area contributed by atoms with Crippen LogP contribution in [0.5, 0.6) is 5.88 Å². The molecule has 2 heterocycles. The van der Waals surface area contributed by atoms with Gasteiger partial charge < -0.3 is 15.0 Å². The van der Waals surface area contributed by atoms with E-state index in [1.54, 1.807) is 18.3 Å². The number of amides is 1. The van der Waals surface area contributed by atoms with Crippen molar-refractivity contribution in [1.82, 2.24) is 15.3 Å². The molecule has 6 heteroatoms. The number of nitrogens with one attached hydrogen (secondary N) is 2. The molecule has 0 aliphatic carbocycles. The molecular formula is C16H19N3O3. The summed E-state index contributed by atoms with van der Waals surface area (Å²) in [6.45, 7) is 4.58. The zero-order chi connectivity index (χ0) is 15.9. The van der Waals surface area contributed by atoms with Crippen LogP contribution in [-0.2, 0) is 13.0 Å². The standard InChI is InChI=1S/C16H19N3O3/c1-3-13-8-12(9-14(20)19-13)15(21)18-10-11-6-5-7-17-16(11)22-4-2/h5-9H,3-4,10H2,1-2H3,(H,18,21)(H,19,20). The summed E-state index contributed by atoms with van der Waals surface area (Å²) in [7, 11) is 0. The van der Waals surface area contributed by atoms with Crippen molar-refractivity contribution in [1.29, 1.82) is 0 Å². The summed E-state index contributed by atoms with van der Waals surface area (Å²) in [6.07, 6.45) is 2.30. The summed E-state index contributed by atoms with van der Waals surface area (Å²) < 4.78 is 5.41. The van der Waals surface area contributed by atoms with Gasteiger partial charge in [0.25, 0.3) is 5.91 Å². The van der Waals surface area contributed by atoms with E-state index < -0.39 is 0 Å². The van der Waals surface area contributed by atoms with Crippen LogP contribution in [0.4, 0.5) is 0 Å². The highest BCUT2D eigenvalue weighted by Crippen LogP contribution is 2.14. The number of hydrogen-bond donors (Lipinski definition) is 2. The number of pyridine rings is 2. The molecule has 2 N–H and O–H groups in total. The number of aromatic nitrogens is 2. The van der Waals surface area contributed by atoms with Gasteiger partial charge in [0.15, 0.2) is 0 Å². The van der Waals surface area contributed by atoms with Gasteiger partial charge in [0, 0.05) is 35.6 Å². The minimum absolute atomic E-state index is 0.277. The van der Waals surface area contributed by atoms with Crippen LogP contribution in [-0.4, -0.2) is 22.5 Å². The lowest BCUT2D eigenvalue weighted by molar-refractivity contribution is 0.0950. The molecule has 0 saturated heterocycles. The third-order valence-corrected chi connectivity index (χ3v) is 3.11. The minimum atomic E-state index is -0.299. The van der Waals surface area contributed by atoms with E-state index in [0.717, 1.165) is 11.3 Å². The number of H-pyrrole nitrogens is 1. The largest absolute Gasteiger partial charge is 0.478 e. The molecule has 0 aliphatic heterocycles. The van der Waals surface area contributed by atoms with Crippen LogP contribution in [0.25, 0.3) is 0 Å². The number of carbonyl (C=O) groups excluding carboxylic acids is 1. The van der Waals surface area contributed by atoms with Gasteiger partial charge in [0.1, 0.15) is 0 Å². The molecule has 0 radical (unpaired) electrons. The van der Waals surface area contributed by atoms with Gasteiger partial charge >= 0.3 is 0 Å². The molecule has 0 bridgehead atoms.